The molecule has 4 aromatic rings. The van der Waals surface area contributed by atoms with Crippen molar-refractivity contribution in [3.8, 4) is 11.5 Å². The molecular formula is C24H25N3O2. The summed E-state index contributed by atoms with van der Waals surface area (Å²) in [4.78, 5) is 7.98. The van der Waals surface area contributed by atoms with Gasteiger partial charge in [0.25, 0.3) is 0 Å². The molecule has 0 radical (unpaired) electrons. The molecule has 1 unspecified atom stereocenters. The number of hydrogen-bond acceptors (Lipinski definition) is 4. The summed E-state index contributed by atoms with van der Waals surface area (Å²) in [6.07, 6.45) is 2.08. The molecular weight excluding hydrogens is 362 g/mol. The molecule has 2 N–H and O–H groups in total. The minimum absolute atomic E-state index is 0.0403. The van der Waals surface area contributed by atoms with Crippen LogP contribution in [0.1, 0.15) is 22.7 Å². The number of ether oxygens (including phenoxy) is 2. The van der Waals surface area contributed by atoms with E-state index in [9.17, 15) is 0 Å². The number of aryl methyl sites for hydroxylation is 1. The molecule has 2 aromatic carbocycles. The Morgan fingerprint density at radius 2 is 1.76 bits per heavy atom. The largest absolute Gasteiger partial charge is 0.493 e. The average molecular weight is 387 g/mol. The number of methoxy groups -OCH3 is 2. The number of aromatic amines is 1. The molecule has 0 amide bonds. The van der Waals surface area contributed by atoms with Gasteiger partial charge >= 0.3 is 0 Å². The minimum atomic E-state index is 0.0403. The molecule has 0 saturated carbocycles. The van der Waals surface area contributed by atoms with Crippen molar-refractivity contribution in [2.75, 3.05) is 26.1 Å². The molecule has 5 heteroatoms. The van der Waals surface area contributed by atoms with E-state index in [1.54, 1.807) is 14.2 Å². The lowest BCUT2D eigenvalue weighted by atomic mass is 9.90. The lowest BCUT2D eigenvalue weighted by Gasteiger charge is -2.22. The summed E-state index contributed by atoms with van der Waals surface area (Å²) in [6, 6.07) is 20.4. The molecule has 1 atom stereocenters. The van der Waals surface area contributed by atoms with Gasteiger partial charge in [-0.2, -0.15) is 0 Å². The third kappa shape index (κ3) is 3.76. The highest BCUT2D eigenvalue weighted by Crippen LogP contribution is 2.40. The maximum absolute atomic E-state index is 5.75. The molecule has 2 heterocycles. The highest BCUT2D eigenvalue weighted by molar-refractivity contribution is 5.84. The van der Waals surface area contributed by atoms with Crippen LogP contribution in [0.4, 0.5) is 5.82 Å². The molecule has 0 bridgehead atoms. The number of aromatic nitrogens is 2. The molecule has 0 aliphatic heterocycles. The molecule has 0 fully saturated rings. The zero-order valence-corrected chi connectivity index (χ0v) is 16.9. The smallest absolute Gasteiger partial charge is 0.164 e. The molecule has 0 aliphatic rings. The second kappa shape index (κ2) is 8.27. The summed E-state index contributed by atoms with van der Waals surface area (Å²) in [5, 5.41) is 4.70. The first-order valence-corrected chi connectivity index (χ1v) is 9.65. The van der Waals surface area contributed by atoms with Crippen LogP contribution in [0, 0.1) is 6.92 Å². The summed E-state index contributed by atoms with van der Waals surface area (Å²) in [5.41, 5.74) is 4.37. The first-order chi connectivity index (χ1) is 14.2. The first-order valence-electron chi connectivity index (χ1n) is 9.65. The Morgan fingerprint density at radius 1 is 0.931 bits per heavy atom. The van der Waals surface area contributed by atoms with Gasteiger partial charge in [0, 0.05) is 40.8 Å². The summed E-state index contributed by atoms with van der Waals surface area (Å²) < 4.78 is 11.3. The molecule has 4 rings (SSSR count). The van der Waals surface area contributed by atoms with E-state index in [0.29, 0.717) is 6.54 Å². The standard InChI is InChI=1S/C24H25N3O2/c1-16-8-6-13-23(27-16)26-15-20(18-10-7-12-22(28-2)24(18)29-3)19-14-25-21-11-5-4-9-17(19)21/h4-14,20,25H,15H2,1-3H3,(H,26,27). The van der Waals surface area contributed by atoms with E-state index >= 15 is 0 Å². The van der Waals surface area contributed by atoms with Gasteiger partial charge in [-0.3, -0.25) is 0 Å². The van der Waals surface area contributed by atoms with E-state index in [2.05, 4.69) is 45.7 Å². The van der Waals surface area contributed by atoms with E-state index in [4.69, 9.17) is 9.47 Å². The van der Waals surface area contributed by atoms with Crippen molar-refractivity contribution in [2.24, 2.45) is 0 Å². The normalized spacial score (nSPS) is 12.0. The monoisotopic (exact) mass is 387 g/mol. The fourth-order valence-electron chi connectivity index (χ4n) is 3.80. The van der Waals surface area contributed by atoms with Crippen LogP contribution in [-0.2, 0) is 0 Å². The van der Waals surface area contributed by atoms with E-state index in [1.807, 2.05) is 43.3 Å². The SMILES string of the molecule is COc1cccc(C(CNc2cccc(C)n2)c2c[nH]c3ccccc23)c1OC. The first kappa shape index (κ1) is 18.9. The molecule has 0 aliphatic carbocycles. The number of fused-ring (bicyclic) bond motifs is 1. The third-order valence-corrected chi connectivity index (χ3v) is 5.18. The van der Waals surface area contributed by atoms with Crippen molar-refractivity contribution in [1.29, 1.82) is 0 Å². The zero-order valence-electron chi connectivity index (χ0n) is 16.9. The average Bonchev–Trinajstić information content (AvgIpc) is 3.18. The fraction of sp³-hybridized carbons (Fsp3) is 0.208. The van der Waals surface area contributed by atoms with Crippen LogP contribution in [0.5, 0.6) is 11.5 Å². The Morgan fingerprint density at radius 3 is 2.55 bits per heavy atom. The second-order valence-corrected chi connectivity index (χ2v) is 6.97. The van der Waals surface area contributed by atoms with Gasteiger partial charge in [-0.15, -0.1) is 0 Å². The number of H-pyrrole nitrogens is 1. The Bertz CT molecular complexity index is 1120. The highest BCUT2D eigenvalue weighted by Gasteiger charge is 2.23. The third-order valence-electron chi connectivity index (χ3n) is 5.18. The molecule has 29 heavy (non-hydrogen) atoms. The number of nitrogens with zero attached hydrogens (tertiary/aromatic N) is 1. The summed E-state index contributed by atoms with van der Waals surface area (Å²) >= 11 is 0. The van der Waals surface area contributed by atoms with Crippen LogP contribution < -0.4 is 14.8 Å². The van der Waals surface area contributed by atoms with Crippen LogP contribution in [0.25, 0.3) is 10.9 Å². The quantitative estimate of drug-likeness (QED) is 0.461. The number of rotatable bonds is 7. The maximum Gasteiger partial charge on any atom is 0.164 e. The number of nitrogens with one attached hydrogen (secondary N) is 2. The summed E-state index contributed by atoms with van der Waals surface area (Å²) in [6.45, 7) is 2.66. The Kier molecular flexibility index (Phi) is 5.38. The van der Waals surface area contributed by atoms with Gasteiger partial charge in [0.15, 0.2) is 11.5 Å². The van der Waals surface area contributed by atoms with Crippen molar-refractivity contribution in [1.82, 2.24) is 9.97 Å². The highest BCUT2D eigenvalue weighted by atomic mass is 16.5. The molecule has 2 aromatic heterocycles. The number of pyridine rings is 1. The number of para-hydroxylation sites is 2. The second-order valence-electron chi connectivity index (χ2n) is 6.97. The fourth-order valence-corrected chi connectivity index (χ4v) is 3.80. The van der Waals surface area contributed by atoms with Gasteiger partial charge in [-0.1, -0.05) is 36.4 Å². The van der Waals surface area contributed by atoms with Crippen LogP contribution in [0.2, 0.25) is 0 Å². The Labute approximate surface area is 170 Å². The van der Waals surface area contributed by atoms with Crippen molar-refractivity contribution < 1.29 is 9.47 Å². The van der Waals surface area contributed by atoms with Gasteiger partial charge in [0.1, 0.15) is 5.82 Å². The summed E-state index contributed by atoms with van der Waals surface area (Å²) in [5.74, 6) is 2.38. The maximum atomic E-state index is 5.75. The predicted octanol–water partition coefficient (Wildman–Crippen LogP) is 5.13. The van der Waals surface area contributed by atoms with E-state index in [0.717, 1.165) is 34.1 Å². The van der Waals surface area contributed by atoms with Crippen molar-refractivity contribution in [3.63, 3.8) is 0 Å². The number of anilines is 1. The van der Waals surface area contributed by atoms with Gasteiger partial charge in [0.05, 0.1) is 14.2 Å². The van der Waals surface area contributed by atoms with Crippen LogP contribution >= 0.6 is 0 Å². The molecule has 5 nitrogen and oxygen atoms in total. The van der Waals surface area contributed by atoms with Gasteiger partial charge in [-0.05, 0) is 36.8 Å². The van der Waals surface area contributed by atoms with Crippen molar-refractivity contribution >= 4 is 16.7 Å². The van der Waals surface area contributed by atoms with E-state index < -0.39 is 0 Å². The van der Waals surface area contributed by atoms with E-state index in [1.165, 1.54) is 10.9 Å². The lowest BCUT2D eigenvalue weighted by Crippen LogP contribution is -2.16. The molecule has 0 spiro atoms. The van der Waals surface area contributed by atoms with Crippen molar-refractivity contribution in [2.45, 2.75) is 12.8 Å². The van der Waals surface area contributed by atoms with Gasteiger partial charge < -0.3 is 19.8 Å². The van der Waals surface area contributed by atoms with Gasteiger partial charge in [0.2, 0.25) is 0 Å². The predicted molar refractivity (Wildman–Crippen MR) is 117 cm³/mol. The summed E-state index contributed by atoms with van der Waals surface area (Å²) in [7, 11) is 3.35. The van der Waals surface area contributed by atoms with Crippen LogP contribution in [0.15, 0.2) is 66.9 Å². The number of benzene rings is 2. The lowest BCUT2D eigenvalue weighted by molar-refractivity contribution is 0.350. The molecule has 148 valence electrons. The Balaban J connectivity index is 1.79. The van der Waals surface area contributed by atoms with E-state index in [-0.39, 0.29) is 5.92 Å². The van der Waals surface area contributed by atoms with Crippen LogP contribution in [-0.4, -0.2) is 30.7 Å². The van der Waals surface area contributed by atoms with Crippen LogP contribution in [0.3, 0.4) is 0 Å². The number of hydrogen-bond donors (Lipinski definition) is 2. The zero-order chi connectivity index (χ0) is 20.2. The Hall–Kier alpha value is -3.47. The minimum Gasteiger partial charge on any atom is -0.493 e. The van der Waals surface area contributed by atoms with Crippen molar-refractivity contribution in [3.05, 3.63) is 83.7 Å². The van der Waals surface area contributed by atoms with Gasteiger partial charge in [-0.25, -0.2) is 4.98 Å². The topological polar surface area (TPSA) is 59.2 Å². The molecule has 0 saturated heterocycles.